The van der Waals surface area contributed by atoms with Crippen molar-refractivity contribution >= 4 is 11.7 Å². The van der Waals surface area contributed by atoms with Crippen LogP contribution in [0.2, 0.25) is 0 Å². The van der Waals surface area contributed by atoms with Gasteiger partial charge in [-0.25, -0.2) is 4.39 Å². The Morgan fingerprint density at radius 1 is 1.17 bits per heavy atom. The molecular weight excluding hydrogens is 297 g/mol. The Bertz CT molecular complexity index is 670. The topological polar surface area (TPSA) is 63.2 Å². The van der Waals surface area contributed by atoms with Crippen LogP contribution in [0.5, 0.6) is 5.88 Å². The second-order valence-corrected chi connectivity index (χ2v) is 5.39. The zero-order valence-electron chi connectivity index (χ0n) is 12.6. The van der Waals surface area contributed by atoms with E-state index < -0.39 is 0 Å². The Hall–Kier alpha value is -2.47. The first-order chi connectivity index (χ1) is 11.2. The molecule has 3 rings (SSSR count). The van der Waals surface area contributed by atoms with Crippen LogP contribution in [0, 0.1) is 5.82 Å². The highest BCUT2D eigenvalue weighted by Crippen LogP contribution is 2.17. The van der Waals surface area contributed by atoms with Gasteiger partial charge in [0, 0.05) is 11.6 Å². The number of anilines is 1. The van der Waals surface area contributed by atoms with Crippen molar-refractivity contribution < 1.29 is 13.9 Å². The molecule has 1 saturated heterocycles. The SMILES string of the molecule is O=C(Nc1cccc(OC2CCNCC2)n1)c1ccc(F)cc1. The van der Waals surface area contributed by atoms with Gasteiger partial charge in [0.25, 0.3) is 5.91 Å². The number of ether oxygens (including phenoxy) is 1. The molecule has 5 nitrogen and oxygen atoms in total. The summed E-state index contributed by atoms with van der Waals surface area (Å²) in [5.74, 6) is 0.188. The third-order valence-electron chi connectivity index (χ3n) is 3.65. The number of aromatic nitrogens is 1. The summed E-state index contributed by atoms with van der Waals surface area (Å²) in [6.45, 7) is 1.87. The molecule has 0 radical (unpaired) electrons. The van der Waals surface area contributed by atoms with Gasteiger partial charge in [-0.1, -0.05) is 6.07 Å². The lowest BCUT2D eigenvalue weighted by atomic mass is 10.1. The van der Waals surface area contributed by atoms with Gasteiger partial charge in [-0.3, -0.25) is 4.79 Å². The van der Waals surface area contributed by atoms with Crippen molar-refractivity contribution in [1.29, 1.82) is 0 Å². The van der Waals surface area contributed by atoms with E-state index in [-0.39, 0.29) is 17.8 Å². The molecular formula is C17H18FN3O2. The van der Waals surface area contributed by atoms with Crippen LogP contribution in [0.3, 0.4) is 0 Å². The van der Waals surface area contributed by atoms with Gasteiger partial charge < -0.3 is 15.4 Å². The van der Waals surface area contributed by atoms with Gasteiger partial charge in [-0.15, -0.1) is 0 Å². The molecule has 1 aromatic carbocycles. The second kappa shape index (κ2) is 7.19. The van der Waals surface area contributed by atoms with Crippen molar-refractivity contribution in [3.63, 3.8) is 0 Å². The average Bonchev–Trinajstić information content (AvgIpc) is 2.57. The quantitative estimate of drug-likeness (QED) is 0.910. The van der Waals surface area contributed by atoms with E-state index in [1.807, 2.05) is 0 Å². The zero-order valence-corrected chi connectivity index (χ0v) is 12.6. The Morgan fingerprint density at radius 2 is 1.91 bits per heavy atom. The summed E-state index contributed by atoms with van der Waals surface area (Å²) < 4.78 is 18.7. The Kier molecular flexibility index (Phi) is 4.83. The molecule has 120 valence electrons. The van der Waals surface area contributed by atoms with Crippen molar-refractivity contribution in [1.82, 2.24) is 10.3 Å². The van der Waals surface area contributed by atoms with Crippen LogP contribution in [0.25, 0.3) is 0 Å². The summed E-state index contributed by atoms with van der Waals surface area (Å²) in [5, 5.41) is 5.97. The Labute approximate surface area is 133 Å². The molecule has 1 aromatic heterocycles. The number of carbonyl (C=O) groups is 1. The van der Waals surface area contributed by atoms with Crippen LogP contribution < -0.4 is 15.4 Å². The van der Waals surface area contributed by atoms with E-state index in [4.69, 9.17) is 4.74 Å². The highest BCUT2D eigenvalue weighted by atomic mass is 19.1. The average molecular weight is 315 g/mol. The van der Waals surface area contributed by atoms with E-state index in [0.717, 1.165) is 25.9 Å². The van der Waals surface area contributed by atoms with E-state index in [0.29, 0.717) is 17.3 Å². The van der Waals surface area contributed by atoms with Crippen LogP contribution in [0.4, 0.5) is 10.2 Å². The number of hydrogen-bond acceptors (Lipinski definition) is 4. The summed E-state index contributed by atoms with van der Waals surface area (Å²) in [6.07, 6.45) is 2.02. The predicted molar refractivity (Wildman–Crippen MR) is 85.1 cm³/mol. The van der Waals surface area contributed by atoms with E-state index in [2.05, 4.69) is 15.6 Å². The van der Waals surface area contributed by atoms with Crippen LogP contribution in [-0.2, 0) is 0 Å². The van der Waals surface area contributed by atoms with Crippen LogP contribution in [0.15, 0.2) is 42.5 Å². The summed E-state index contributed by atoms with van der Waals surface area (Å²) in [4.78, 5) is 16.4. The highest BCUT2D eigenvalue weighted by Gasteiger charge is 2.15. The smallest absolute Gasteiger partial charge is 0.256 e. The van der Waals surface area contributed by atoms with Crippen molar-refractivity contribution in [3.8, 4) is 5.88 Å². The van der Waals surface area contributed by atoms with Crippen LogP contribution >= 0.6 is 0 Å². The molecule has 0 unspecified atom stereocenters. The molecule has 0 saturated carbocycles. The lowest BCUT2D eigenvalue weighted by molar-refractivity contribution is 0.102. The molecule has 1 fully saturated rings. The minimum atomic E-state index is -0.378. The summed E-state index contributed by atoms with van der Waals surface area (Å²) >= 11 is 0. The molecule has 6 heteroatoms. The Balaban J connectivity index is 1.64. The third kappa shape index (κ3) is 4.26. The predicted octanol–water partition coefficient (Wildman–Crippen LogP) is 2.60. The summed E-state index contributed by atoms with van der Waals surface area (Å²) in [6, 6.07) is 10.6. The van der Waals surface area contributed by atoms with Crippen molar-refractivity contribution in [2.75, 3.05) is 18.4 Å². The molecule has 23 heavy (non-hydrogen) atoms. The number of rotatable bonds is 4. The molecule has 0 aliphatic carbocycles. The van der Waals surface area contributed by atoms with Gasteiger partial charge in [0.05, 0.1) is 0 Å². The second-order valence-electron chi connectivity index (χ2n) is 5.39. The fourth-order valence-corrected chi connectivity index (χ4v) is 2.42. The maximum atomic E-state index is 12.9. The maximum absolute atomic E-state index is 12.9. The van der Waals surface area contributed by atoms with Gasteiger partial charge in [0.1, 0.15) is 17.7 Å². The first-order valence-electron chi connectivity index (χ1n) is 7.62. The molecule has 2 aromatic rings. The van der Waals surface area contributed by atoms with Gasteiger partial charge in [0.2, 0.25) is 5.88 Å². The molecule has 1 amide bonds. The number of nitrogens with zero attached hydrogens (tertiary/aromatic N) is 1. The van der Waals surface area contributed by atoms with Crippen molar-refractivity contribution in [2.45, 2.75) is 18.9 Å². The molecule has 0 spiro atoms. The number of hydrogen-bond donors (Lipinski definition) is 2. The monoisotopic (exact) mass is 315 g/mol. The number of amides is 1. The number of nitrogens with one attached hydrogen (secondary N) is 2. The summed E-state index contributed by atoms with van der Waals surface area (Å²) in [7, 11) is 0. The number of benzene rings is 1. The first-order valence-corrected chi connectivity index (χ1v) is 7.62. The normalized spacial score (nSPS) is 15.2. The lowest BCUT2D eigenvalue weighted by Crippen LogP contribution is -2.34. The van der Waals surface area contributed by atoms with Gasteiger partial charge >= 0.3 is 0 Å². The fraction of sp³-hybridized carbons (Fsp3) is 0.294. The minimum absolute atomic E-state index is 0.145. The van der Waals surface area contributed by atoms with E-state index in [1.165, 1.54) is 24.3 Å². The molecule has 0 atom stereocenters. The molecule has 1 aliphatic rings. The standard InChI is InChI=1S/C17H18FN3O2/c18-13-6-4-12(5-7-13)17(22)21-15-2-1-3-16(20-15)23-14-8-10-19-11-9-14/h1-7,14,19H,8-11H2,(H,20,21,22). The molecule has 2 heterocycles. The number of piperidine rings is 1. The van der Waals surface area contributed by atoms with E-state index >= 15 is 0 Å². The molecule has 1 aliphatic heterocycles. The maximum Gasteiger partial charge on any atom is 0.256 e. The fourth-order valence-electron chi connectivity index (χ4n) is 2.42. The Morgan fingerprint density at radius 3 is 2.65 bits per heavy atom. The number of carbonyl (C=O) groups excluding carboxylic acids is 1. The third-order valence-corrected chi connectivity index (χ3v) is 3.65. The first kappa shape index (κ1) is 15.4. The molecule has 0 bridgehead atoms. The number of pyridine rings is 1. The molecule has 2 N–H and O–H groups in total. The van der Waals surface area contributed by atoms with Crippen LogP contribution in [-0.4, -0.2) is 30.1 Å². The highest BCUT2D eigenvalue weighted by molar-refractivity contribution is 6.03. The van der Waals surface area contributed by atoms with Gasteiger partial charge in [0.15, 0.2) is 0 Å². The van der Waals surface area contributed by atoms with Gasteiger partial charge in [-0.2, -0.15) is 4.98 Å². The van der Waals surface area contributed by atoms with Crippen LogP contribution in [0.1, 0.15) is 23.2 Å². The largest absolute Gasteiger partial charge is 0.474 e. The van der Waals surface area contributed by atoms with Crippen molar-refractivity contribution in [3.05, 3.63) is 53.8 Å². The van der Waals surface area contributed by atoms with E-state index in [9.17, 15) is 9.18 Å². The summed E-state index contributed by atoms with van der Waals surface area (Å²) in [5.41, 5.74) is 0.373. The van der Waals surface area contributed by atoms with E-state index in [1.54, 1.807) is 18.2 Å². The number of halogens is 1. The van der Waals surface area contributed by atoms with Crippen molar-refractivity contribution in [2.24, 2.45) is 0 Å². The minimum Gasteiger partial charge on any atom is -0.474 e. The van der Waals surface area contributed by atoms with Gasteiger partial charge in [-0.05, 0) is 56.3 Å². The zero-order chi connectivity index (χ0) is 16.1. The lowest BCUT2D eigenvalue weighted by Gasteiger charge is -2.23.